The van der Waals surface area contributed by atoms with E-state index in [1.165, 1.54) is 12.1 Å². The number of rotatable bonds is 5. The number of phenols is 1. The Labute approximate surface area is 185 Å². The second kappa shape index (κ2) is 8.30. The Kier molecular flexibility index (Phi) is 5.19. The Morgan fingerprint density at radius 3 is 2.41 bits per heavy atom. The minimum absolute atomic E-state index is 0.000233. The molecule has 2 aliphatic heterocycles. The summed E-state index contributed by atoms with van der Waals surface area (Å²) in [6.45, 7) is 0.386. The van der Waals surface area contributed by atoms with Gasteiger partial charge in [0.1, 0.15) is 24.2 Å². The number of nitrogens with one attached hydrogen (secondary N) is 2. The summed E-state index contributed by atoms with van der Waals surface area (Å²) in [6.07, 6.45) is 1.15. The fourth-order valence-corrected chi connectivity index (χ4v) is 4.20. The van der Waals surface area contributed by atoms with E-state index < -0.39 is 6.04 Å². The van der Waals surface area contributed by atoms with Gasteiger partial charge in [-0.1, -0.05) is 42.5 Å². The number of allylic oxidation sites excluding steroid dienone is 1. The van der Waals surface area contributed by atoms with Crippen LogP contribution in [-0.4, -0.2) is 34.2 Å². The number of phenolic OH excluding ortho intramolecular Hbond substituents is 1. The molecule has 2 heterocycles. The quantitative estimate of drug-likeness (QED) is 0.581. The molecule has 6 heteroatoms. The van der Waals surface area contributed by atoms with Crippen LogP contribution in [0.25, 0.3) is 0 Å². The number of hydrogen-bond donors (Lipinski definition) is 3. The van der Waals surface area contributed by atoms with Crippen LogP contribution >= 0.6 is 0 Å². The summed E-state index contributed by atoms with van der Waals surface area (Å²) in [6, 6.07) is 22.9. The highest BCUT2D eigenvalue weighted by molar-refractivity contribution is 6.01. The van der Waals surface area contributed by atoms with Crippen LogP contribution in [0.1, 0.15) is 16.7 Å². The van der Waals surface area contributed by atoms with Gasteiger partial charge in [0.05, 0.1) is 6.42 Å². The molecule has 1 unspecified atom stereocenters. The van der Waals surface area contributed by atoms with E-state index in [0.717, 1.165) is 33.9 Å². The second-order valence-electron chi connectivity index (χ2n) is 8.09. The number of fused-ring (bicyclic) bond motifs is 1. The van der Waals surface area contributed by atoms with Gasteiger partial charge in [-0.3, -0.25) is 9.69 Å². The molecule has 5 nitrogen and oxygen atoms in total. The molecular weight excluding hydrogens is 405 g/mol. The highest BCUT2D eigenvalue weighted by atomic mass is 19.1. The second-order valence-corrected chi connectivity index (χ2v) is 8.09. The summed E-state index contributed by atoms with van der Waals surface area (Å²) >= 11 is 0. The Hall–Kier alpha value is -3.93. The van der Waals surface area contributed by atoms with Crippen LogP contribution in [0.3, 0.4) is 0 Å². The Balaban J connectivity index is 1.48. The first-order valence-corrected chi connectivity index (χ1v) is 10.6. The number of carbonyl (C=O) groups excluding carboxylic acids is 1. The fourth-order valence-electron chi connectivity index (χ4n) is 4.20. The van der Waals surface area contributed by atoms with Gasteiger partial charge in [0, 0.05) is 12.0 Å². The summed E-state index contributed by atoms with van der Waals surface area (Å²) < 4.78 is 13.4. The molecule has 0 saturated carbocycles. The molecule has 1 fully saturated rings. The van der Waals surface area contributed by atoms with Crippen molar-refractivity contribution in [3.8, 4) is 5.75 Å². The van der Waals surface area contributed by atoms with Crippen molar-refractivity contribution in [2.75, 3.05) is 6.54 Å². The van der Waals surface area contributed by atoms with Crippen molar-refractivity contribution in [1.82, 2.24) is 10.2 Å². The molecule has 160 valence electrons. The SMILES string of the molecule is O=C1C(Cc2ccc(O)cc2)NC2=C(Cc3ccccc3)[NH+]=C(c3ccc(F)cc3)CN12. The van der Waals surface area contributed by atoms with Crippen LogP contribution in [0, 0.1) is 5.82 Å². The van der Waals surface area contributed by atoms with Gasteiger partial charge >= 0.3 is 0 Å². The van der Waals surface area contributed by atoms with Crippen molar-refractivity contribution in [3.63, 3.8) is 0 Å². The minimum atomic E-state index is -0.394. The summed E-state index contributed by atoms with van der Waals surface area (Å²) in [7, 11) is 0. The number of benzene rings is 3. The third-order valence-corrected chi connectivity index (χ3v) is 5.84. The molecule has 3 aromatic carbocycles. The summed E-state index contributed by atoms with van der Waals surface area (Å²) in [5.74, 6) is 0.694. The Bertz CT molecular complexity index is 1200. The molecule has 1 atom stereocenters. The molecule has 2 aliphatic rings. The van der Waals surface area contributed by atoms with Gasteiger partial charge in [-0.05, 0) is 47.5 Å². The van der Waals surface area contributed by atoms with Gasteiger partial charge in [0.15, 0.2) is 5.82 Å². The molecule has 5 rings (SSSR count). The lowest BCUT2D eigenvalue weighted by atomic mass is 10.0. The molecule has 1 amide bonds. The topological polar surface area (TPSA) is 66.5 Å². The van der Waals surface area contributed by atoms with Gasteiger partial charge in [-0.2, -0.15) is 0 Å². The lowest BCUT2D eigenvalue weighted by Crippen LogP contribution is -2.76. The molecule has 0 spiro atoms. The summed E-state index contributed by atoms with van der Waals surface area (Å²) in [5.41, 5.74) is 4.71. The highest BCUT2D eigenvalue weighted by Crippen LogP contribution is 2.23. The molecule has 3 N–H and O–H groups in total. The van der Waals surface area contributed by atoms with Gasteiger partial charge in [-0.25, -0.2) is 9.38 Å². The van der Waals surface area contributed by atoms with E-state index in [4.69, 9.17) is 0 Å². The third kappa shape index (κ3) is 3.99. The zero-order chi connectivity index (χ0) is 22.1. The third-order valence-electron chi connectivity index (χ3n) is 5.84. The number of carbonyl (C=O) groups is 1. The predicted molar refractivity (Wildman–Crippen MR) is 119 cm³/mol. The zero-order valence-electron chi connectivity index (χ0n) is 17.4. The number of hydrogen-bond acceptors (Lipinski definition) is 3. The van der Waals surface area contributed by atoms with Gasteiger partial charge in [0.25, 0.3) is 5.91 Å². The van der Waals surface area contributed by atoms with Gasteiger partial charge in [-0.15, -0.1) is 0 Å². The highest BCUT2D eigenvalue weighted by Gasteiger charge is 2.42. The molecule has 0 aliphatic carbocycles. The molecule has 0 radical (unpaired) electrons. The molecule has 3 aromatic rings. The van der Waals surface area contributed by atoms with Gasteiger partial charge < -0.3 is 10.4 Å². The van der Waals surface area contributed by atoms with E-state index in [-0.39, 0.29) is 17.5 Å². The maximum Gasteiger partial charge on any atom is 0.251 e. The smallest absolute Gasteiger partial charge is 0.251 e. The van der Waals surface area contributed by atoms with E-state index in [2.05, 4.69) is 22.4 Å². The molecular formula is C26H23FN3O2+. The largest absolute Gasteiger partial charge is 0.508 e. The molecule has 0 bridgehead atoms. The monoisotopic (exact) mass is 428 g/mol. The molecule has 1 saturated heterocycles. The first-order chi connectivity index (χ1) is 15.6. The lowest BCUT2D eigenvalue weighted by molar-refractivity contribution is -0.406. The predicted octanol–water partition coefficient (Wildman–Crippen LogP) is 1.87. The number of nitrogens with zero attached hydrogens (tertiary/aromatic N) is 1. The van der Waals surface area contributed by atoms with Crippen molar-refractivity contribution >= 4 is 11.6 Å². The molecule has 32 heavy (non-hydrogen) atoms. The summed E-state index contributed by atoms with van der Waals surface area (Å²) in [5, 5.41) is 12.9. The van der Waals surface area contributed by atoms with Crippen molar-refractivity contribution < 1.29 is 19.3 Å². The van der Waals surface area contributed by atoms with Crippen molar-refractivity contribution in [2.45, 2.75) is 18.9 Å². The van der Waals surface area contributed by atoms with E-state index in [9.17, 15) is 14.3 Å². The molecule has 0 aromatic heterocycles. The Morgan fingerprint density at radius 2 is 1.69 bits per heavy atom. The zero-order valence-corrected chi connectivity index (χ0v) is 17.4. The van der Waals surface area contributed by atoms with Crippen LogP contribution in [-0.2, 0) is 17.6 Å². The maximum atomic E-state index is 13.4. The van der Waals surface area contributed by atoms with Crippen molar-refractivity contribution in [2.24, 2.45) is 0 Å². The van der Waals surface area contributed by atoms with E-state index in [1.54, 1.807) is 29.2 Å². The van der Waals surface area contributed by atoms with E-state index in [1.807, 2.05) is 30.3 Å². The van der Waals surface area contributed by atoms with E-state index in [0.29, 0.717) is 19.4 Å². The normalized spacial score (nSPS) is 17.8. The Morgan fingerprint density at radius 1 is 0.969 bits per heavy atom. The van der Waals surface area contributed by atoms with Crippen molar-refractivity contribution in [1.29, 1.82) is 0 Å². The average Bonchev–Trinajstić information content (AvgIpc) is 3.12. The summed E-state index contributed by atoms with van der Waals surface area (Å²) in [4.78, 5) is 18.6. The van der Waals surface area contributed by atoms with Crippen molar-refractivity contribution in [3.05, 3.63) is 113 Å². The number of halogens is 1. The first kappa shape index (κ1) is 20.0. The maximum absolute atomic E-state index is 13.4. The van der Waals surface area contributed by atoms with Crippen LogP contribution in [0.4, 0.5) is 4.39 Å². The fraction of sp³-hybridized carbons (Fsp3) is 0.154. The van der Waals surface area contributed by atoms with E-state index >= 15 is 0 Å². The number of aromatic hydroxyl groups is 1. The van der Waals surface area contributed by atoms with Gasteiger partial charge in [0.2, 0.25) is 11.4 Å². The van der Waals surface area contributed by atoms with Crippen LogP contribution in [0.15, 0.2) is 90.4 Å². The average molecular weight is 428 g/mol. The minimum Gasteiger partial charge on any atom is -0.508 e. The van der Waals surface area contributed by atoms with Crippen LogP contribution in [0.2, 0.25) is 0 Å². The van der Waals surface area contributed by atoms with Crippen LogP contribution < -0.4 is 10.3 Å². The standard InChI is InChI=1S/C26H22FN3O2/c27-20-10-8-19(9-11-20)24-16-30-25(22(28-24)14-17-4-2-1-3-5-17)29-23(26(30)32)15-18-6-12-21(31)13-7-18/h1-13,23,29,31H,14-16H2/p+1. The lowest BCUT2D eigenvalue weighted by Gasteiger charge is -2.20. The number of amides is 1. The first-order valence-electron chi connectivity index (χ1n) is 10.6. The van der Waals surface area contributed by atoms with Crippen LogP contribution in [0.5, 0.6) is 5.75 Å².